The maximum atomic E-state index is 12.7. The van der Waals surface area contributed by atoms with Crippen LogP contribution in [0.5, 0.6) is 0 Å². The first-order valence-electron chi connectivity index (χ1n) is 11.3. The molecule has 1 heterocycles. The van der Waals surface area contributed by atoms with Gasteiger partial charge in [-0.1, -0.05) is 38.1 Å². The van der Waals surface area contributed by atoms with Gasteiger partial charge in [0, 0.05) is 58.4 Å². The molecule has 0 bridgehead atoms. The van der Waals surface area contributed by atoms with Crippen LogP contribution in [0.1, 0.15) is 25.0 Å². The van der Waals surface area contributed by atoms with Gasteiger partial charge in [0.25, 0.3) is 5.69 Å². The van der Waals surface area contributed by atoms with Gasteiger partial charge in [0.2, 0.25) is 10.0 Å². The van der Waals surface area contributed by atoms with Gasteiger partial charge < -0.3 is 10.2 Å². The summed E-state index contributed by atoms with van der Waals surface area (Å²) < 4.78 is 26.7. The highest BCUT2D eigenvalue weighted by molar-refractivity contribution is 7.89. The fourth-order valence-electron chi connectivity index (χ4n) is 3.91. The third-order valence-electron chi connectivity index (χ3n) is 6.02. The summed E-state index contributed by atoms with van der Waals surface area (Å²) in [6.45, 7) is 9.67. The van der Waals surface area contributed by atoms with E-state index in [1.54, 1.807) is 13.8 Å². The molecular formula is C23H33N5O4S. The van der Waals surface area contributed by atoms with Crippen LogP contribution in [-0.4, -0.2) is 73.8 Å². The molecule has 1 N–H and O–H groups in total. The topological polar surface area (TPSA) is 99.0 Å². The molecule has 0 atom stereocenters. The van der Waals surface area contributed by atoms with Crippen molar-refractivity contribution < 1.29 is 13.3 Å². The summed E-state index contributed by atoms with van der Waals surface area (Å²) in [6, 6.07) is 12.2. The van der Waals surface area contributed by atoms with Gasteiger partial charge in [-0.2, -0.15) is 4.31 Å². The molecular weight excluding hydrogens is 442 g/mol. The lowest BCUT2D eigenvalue weighted by molar-refractivity contribution is -0.384. The number of rotatable bonds is 10. The predicted molar refractivity (Wildman–Crippen MR) is 130 cm³/mol. The minimum absolute atomic E-state index is 0.0725. The number of nitro groups is 1. The van der Waals surface area contributed by atoms with Crippen molar-refractivity contribution in [3.8, 4) is 0 Å². The number of benzene rings is 2. The number of nitrogens with one attached hydrogen (secondary N) is 1. The zero-order valence-electron chi connectivity index (χ0n) is 19.5. The molecule has 1 saturated heterocycles. The van der Waals surface area contributed by atoms with Crippen molar-refractivity contribution in [3.05, 3.63) is 63.7 Å². The molecule has 9 nitrogen and oxygen atoms in total. The van der Waals surface area contributed by atoms with Crippen molar-refractivity contribution in [3.63, 3.8) is 0 Å². The molecule has 2 aromatic rings. The summed E-state index contributed by atoms with van der Waals surface area (Å²) in [5, 5.41) is 14.7. The minimum atomic E-state index is -3.77. The number of likely N-dealkylation sites (N-methyl/N-ethyl adjacent to an activating group) is 1. The molecule has 0 aliphatic carbocycles. The highest BCUT2D eigenvalue weighted by Gasteiger charge is 2.25. The van der Waals surface area contributed by atoms with Crippen molar-refractivity contribution in [2.45, 2.75) is 31.8 Å². The van der Waals surface area contributed by atoms with Gasteiger partial charge in [0.05, 0.1) is 9.82 Å². The van der Waals surface area contributed by atoms with E-state index in [9.17, 15) is 18.5 Å². The van der Waals surface area contributed by atoms with Crippen molar-refractivity contribution in [2.75, 3.05) is 51.6 Å². The second-order valence-electron chi connectivity index (χ2n) is 8.27. The number of anilines is 1. The first-order chi connectivity index (χ1) is 15.7. The van der Waals surface area contributed by atoms with Crippen LogP contribution >= 0.6 is 0 Å². The Balaban J connectivity index is 1.67. The number of nitrogens with zero attached hydrogens (tertiary/aromatic N) is 4. The van der Waals surface area contributed by atoms with Crippen LogP contribution in [0, 0.1) is 10.1 Å². The predicted octanol–water partition coefficient (Wildman–Crippen LogP) is 2.98. The van der Waals surface area contributed by atoms with Crippen molar-refractivity contribution >= 4 is 21.4 Å². The van der Waals surface area contributed by atoms with E-state index in [4.69, 9.17) is 0 Å². The van der Waals surface area contributed by atoms with E-state index < -0.39 is 14.9 Å². The fourth-order valence-corrected chi connectivity index (χ4v) is 5.39. The molecule has 0 amide bonds. The van der Waals surface area contributed by atoms with E-state index >= 15 is 0 Å². The van der Waals surface area contributed by atoms with Crippen LogP contribution in [0.3, 0.4) is 0 Å². The molecule has 10 heteroatoms. The van der Waals surface area contributed by atoms with Gasteiger partial charge in [-0.25, -0.2) is 8.42 Å². The smallest absolute Gasteiger partial charge is 0.293 e. The number of sulfonamides is 1. The lowest BCUT2D eigenvalue weighted by Crippen LogP contribution is -2.43. The molecule has 0 spiro atoms. The highest BCUT2D eigenvalue weighted by Crippen LogP contribution is 2.29. The average molecular weight is 476 g/mol. The van der Waals surface area contributed by atoms with Gasteiger partial charge >= 0.3 is 0 Å². The van der Waals surface area contributed by atoms with Gasteiger partial charge in [-0.3, -0.25) is 15.0 Å². The lowest BCUT2D eigenvalue weighted by atomic mass is 10.1. The largest absolute Gasteiger partial charge is 0.375 e. The number of hydrogen-bond acceptors (Lipinski definition) is 7. The molecule has 1 fully saturated rings. The Kier molecular flexibility index (Phi) is 8.41. The molecule has 0 unspecified atom stereocenters. The Morgan fingerprint density at radius 1 is 1.00 bits per heavy atom. The summed E-state index contributed by atoms with van der Waals surface area (Å²) >= 11 is 0. The third-order valence-corrected chi connectivity index (χ3v) is 8.06. The van der Waals surface area contributed by atoms with Crippen LogP contribution in [0.4, 0.5) is 11.4 Å². The lowest BCUT2D eigenvalue weighted by Gasteiger charge is -2.32. The molecule has 1 aliphatic rings. The second kappa shape index (κ2) is 11.1. The standard InChI is InChI=1S/C23H33N5O4S/c1-4-27(5-2)33(31,32)21-10-11-22(23(16-21)28(29)30)24-17-19-6-8-20(9-7-19)18-26-14-12-25(3)13-15-26/h6-11,16,24H,4-5,12-15,17-18H2,1-3H3. The SMILES string of the molecule is CCN(CC)S(=O)(=O)c1ccc(NCc2ccc(CN3CCN(C)CC3)cc2)c([N+](=O)[O-])c1. The van der Waals surface area contributed by atoms with E-state index in [2.05, 4.69) is 34.3 Å². The molecule has 0 saturated carbocycles. The van der Waals surface area contributed by atoms with Gasteiger partial charge in [-0.05, 0) is 30.3 Å². The van der Waals surface area contributed by atoms with Gasteiger partial charge in [0.15, 0.2) is 0 Å². The molecule has 0 radical (unpaired) electrons. The Morgan fingerprint density at radius 2 is 1.61 bits per heavy atom. The maximum absolute atomic E-state index is 12.7. The normalized spacial score (nSPS) is 15.6. The van der Waals surface area contributed by atoms with Gasteiger partial charge in [0.1, 0.15) is 5.69 Å². The zero-order valence-corrected chi connectivity index (χ0v) is 20.3. The molecule has 33 heavy (non-hydrogen) atoms. The van der Waals surface area contributed by atoms with Crippen molar-refractivity contribution in [1.82, 2.24) is 14.1 Å². The molecule has 1 aliphatic heterocycles. The number of nitro benzene ring substituents is 1. The quantitative estimate of drug-likeness (QED) is 0.417. The van der Waals surface area contributed by atoms with Gasteiger partial charge in [-0.15, -0.1) is 0 Å². The Hall–Kier alpha value is -2.53. The average Bonchev–Trinajstić information content (AvgIpc) is 2.80. The first kappa shape index (κ1) is 25.1. The molecule has 2 aromatic carbocycles. The summed E-state index contributed by atoms with van der Waals surface area (Å²) in [6.07, 6.45) is 0. The highest BCUT2D eigenvalue weighted by atomic mass is 32.2. The number of piperazine rings is 1. The minimum Gasteiger partial charge on any atom is -0.375 e. The number of hydrogen-bond donors (Lipinski definition) is 1. The van der Waals surface area contributed by atoms with E-state index in [1.165, 1.54) is 22.0 Å². The third kappa shape index (κ3) is 6.29. The maximum Gasteiger partial charge on any atom is 0.293 e. The van der Waals surface area contributed by atoms with Crippen LogP contribution in [0.2, 0.25) is 0 Å². The Bertz CT molecular complexity index is 1050. The zero-order chi connectivity index (χ0) is 24.0. The van der Waals surface area contributed by atoms with E-state index in [0.717, 1.165) is 44.4 Å². The Labute approximate surface area is 196 Å². The van der Waals surface area contributed by atoms with E-state index in [1.807, 2.05) is 12.1 Å². The first-order valence-corrected chi connectivity index (χ1v) is 12.7. The summed E-state index contributed by atoms with van der Waals surface area (Å²) in [7, 11) is -1.63. The molecule has 0 aromatic heterocycles. The molecule has 3 rings (SSSR count). The second-order valence-corrected chi connectivity index (χ2v) is 10.2. The summed E-state index contributed by atoms with van der Waals surface area (Å²) in [5.41, 5.74) is 2.27. The molecule has 180 valence electrons. The Morgan fingerprint density at radius 3 is 2.18 bits per heavy atom. The van der Waals surface area contributed by atoms with Crippen LogP contribution < -0.4 is 5.32 Å². The van der Waals surface area contributed by atoms with Crippen LogP contribution in [0.15, 0.2) is 47.4 Å². The van der Waals surface area contributed by atoms with E-state index in [0.29, 0.717) is 25.3 Å². The van der Waals surface area contributed by atoms with Crippen LogP contribution in [-0.2, 0) is 23.1 Å². The van der Waals surface area contributed by atoms with Crippen molar-refractivity contribution in [2.24, 2.45) is 0 Å². The monoisotopic (exact) mass is 475 g/mol. The summed E-state index contributed by atoms with van der Waals surface area (Å²) in [5.74, 6) is 0. The van der Waals surface area contributed by atoms with Crippen molar-refractivity contribution in [1.29, 1.82) is 0 Å². The fraction of sp³-hybridized carbons (Fsp3) is 0.478. The van der Waals surface area contributed by atoms with Crippen LogP contribution in [0.25, 0.3) is 0 Å². The van der Waals surface area contributed by atoms with E-state index in [-0.39, 0.29) is 10.6 Å². The summed E-state index contributed by atoms with van der Waals surface area (Å²) in [4.78, 5) is 15.8.